The molecular weight excluding hydrogens is 556 g/mol. The van der Waals surface area contributed by atoms with Crippen LogP contribution in [0.25, 0.3) is 0 Å². The molecular formula is C33H43ClN2O4S. The van der Waals surface area contributed by atoms with E-state index in [1.54, 1.807) is 6.07 Å². The molecule has 2 aromatic carbocycles. The molecule has 2 aliphatic heterocycles. The summed E-state index contributed by atoms with van der Waals surface area (Å²) in [6, 6.07) is 11.7. The topological polar surface area (TPSA) is 75.7 Å². The van der Waals surface area contributed by atoms with Crippen LogP contribution in [0.5, 0.6) is 5.75 Å². The molecule has 0 aromatic heterocycles. The summed E-state index contributed by atoms with van der Waals surface area (Å²) in [7, 11) is -1.51. The standard InChI is InChI=1S/C33H43ClN2O4S/c1-4-6-23-15-28(34)11-13-29(23)27-18-36-17-25-9-12-30(25)26(19-37)8-5-7-21(2)22(3)41(39)35-33(38)24-10-14-32(40-20-27)31(36)16-24/h10-11,13-16,19,21-22,25-27,30H,4-9,12,17-18,20H2,1-3H3,(H,35,38)/t21?,22-,25?,26?,27?,30?,41?/m0/s1. The largest absolute Gasteiger partial charge is 0.491 e. The van der Waals surface area contributed by atoms with Gasteiger partial charge in [-0.2, -0.15) is 0 Å². The summed E-state index contributed by atoms with van der Waals surface area (Å²) < 4.78 is 22.3. The summed E-state index contributed by atoms with van der Waals surface area (Å²) in [6.45, 7) is 8.27. The lowest BCUT2D eigenvalue weighted by atomic mass is 9.66. The van der Waals surface area contributed by atoms with Crippen LogP contribution in [0, 0.1) is 23.7 Å². The smallest absolute Gasteiger partial charge is 0.263 e. The van der Waals surface area contributed by atoms with Gasteiger partial charge >= 0.3 is 0 Å². The zero-order chi connectivity index (χ0) is 29.1. The van der Waals surface area contributed by atoms with Crippen LogP contribution in [0.15, 0.2) is 36.4 Å². The molecule has 8 heteroatoms. The predicted molar refractivity (Wildman–Crippen MR) is 166 cm³/mol. The van der Waals surface area contributed by atoms with E-state index in [0.29, 0.717) is 24.0 Å². The lowest BCUT2D eigenvalue weighted by Crippen LogP contribution is -2.43. The second-order valence-corrected chi connectivity index (χ2v) is 14.3. The Morgan fingerprint density at radius 1 is 1.10 bits per heavy atom. The lowest BCUT2D eigenvalue weighted by molar-refractivity contribution is -0.115. The number of nitrogens with zero attached hydrogens (tertiary/aromatic N) is 1. The molecule has 41 heavy (non-hydrogen) atoms. The second-order valence-electron chi connectivity index (χ2n) is 12.3. The third-order valence-electron chi connectivity index (χ3n) is 9.69. The molecule has 5 rings (SSSR count). The summed E-state index contributed by atoms with van der Waals surface area (Å²) >= 11 is 6.39. The van der Waals surface area contributed by atoms with Crippen LogP contribution in [0.4, 0.5) is 5.69 Å². The van der Waals surface area contributed by atoms with Crippen molar-refractivity contribution in [1.29, 1.82) is 0 Å². The highest BCUT2D eigenvalue weighted by atomic mass is 35.5. The Morgan fingerprint density at radius 3 is 2.66 bits per heavy atom. The molecule has 1 fully saturated rings. The third-order valence-corrected chi connectivity index (χ3v) is 11.5. The van der Waals surface area contributed by atoms with Crippen LogP contribution in [-0.4, -0.2) is 41.3 Å². The summed E-state index contributed by atoms with van der Waals surface area (Å²) in [6.07, 6.45) is 7.99. The molecule has 0 spiro atoms. The van der Waals surface area contributed by atoms with Crippen LogP contribution in [0.1, 0.15) is 86.7 Å². The maximum Gasteiger partial charge on any atom is 0.263 e. The quantitative estimate of drug-likeness (QED) is 0.396. The first-order valence-electron chi connectivity index (χ1n) is 15.3. The van der Waals surface area contributed by atoms with Gasteiger partial charge in [0.05, 0.1) is 17.5 Å². The zero-order valence-corrected chi connectivity index (χ0v) is 26.0. The van der Waals surface area contributed by atoms with E-state index in [1.165, 1.54) is 17.4 Å². The van der Waals surface area contributed by atoms with Crippen molar-refractivity contribution in [1.82, 2.24) is 4.72 Å². The number of ether oxygens (including phenoxy) is 1. The minimum absolute atomic E-state index is 0.0478. The van der Waals surface area contributed by atoms with E-state index in [2.05, 4.69) is 35.6 Å². The van der Waals surface area contributed by atoms with E-state index in [-0.39, 0.29) is 28.9 Å². The van der Waals surface area contributed by atoms with E-state index in [1.807, 2.05) is 25.1 Å². The molecule has 3 aliphatic rings. The van der Waals surface area contributed by atoms with Crippen molar-refractivity contribution >= 4 is 40.5 Å². The molecule has 1 aliphatic carbocycles. The number of amides is 1. The third kappa shape index (κ3) is 6.67. The second kappa shape index (κ2) is 13.3. The summed E-state index contributed by atoms with van der Waals surface area (Å²) in [5.74, 6) is 1.54. The van der Waals surface area contributed by atoms with Crippen LogP contribution < -0.4 is 14.4 Å². The van der Waals surface area contributed by atoms with Gasteiger partial charge < -0.3 is 14.4 Å². The number of anilines is 1. The fourth-order valence-corrected chi connectivity index (χ4v) is 8.11. The van der Waals surface area contributed by atoms with Gasteiger partial charge in [-0.05, 0) is 98.2 Å². The Labute approximate surface area is 252 Å². The first kappa shape index (κ1) is 30.1. The van der Waals surface area contributed by atoms with Gasteiger partial charge in [-0.1, -0.05) is 44.4 Å². The molecule has 1 N–H and O–H groups in total. The molecule has 7 atom stereocenters. The van der Waals surface area contributed by atoms with Crippen molar-refractivity contribution in [3.63, 3.8) is 0 Å². The number of halogens is 1. The normalized spacial score (nSPS) is 30.7. The van der Waals surface area contributed by atoms with Crippen molar-refractivity contribution < 1.29 is 18.5 Å². The molecule has 0 radical (unpaired) electrons. The zero-order valence-electron chi connectivity index (χ0n) is 24.4. The first-order chi connectivity index (χ1) is 19.8. The number of fused-ring (bicyclic) bond motifs is 2. The molecule has 2 aromatic rings. The van der Waals surface area contributed by atoms with Gasteiger partial charge in [-0.3, -0.25) is 9.52 Å². The molecule has 1 saturated carbocycles. The average Bonchev–Trinajstić information content (AvgIpc) is 3.13. The van der Waals surface area contributed by atoms with E-state index in [9.17, 15) is 13.8 Å². The summed E-state index contributed by atoms with van der Waals surface area (Å²) in [5.41, 5.74) is 3.87. The van der Waals surface area contributed by atoms with Crippen molar-refractivity contribution in [3.8, 4) is 5.75 Å². The fraction of sp³-hybridized carbons (Fsp3) is 0.576. The van der Waals surface area contributed by atoms with Crippen molar-refractivity contribution in [2.75, 3.05) is 24.6 Å². The number of aryl methyl sites for hydroxylation is 1. The monoisotopic (exact) mass is 598 g/mol. The Morgan fingerprint density at radius 2 is 1.93 bits per heavy atom. The molecule has 2 heterocycles. The Bertz CT molecular complexity index is 1290. The number of rotatable bonds is 4. The van der Waals surface area contributed by atoms with Gasteiger partial charge in [0.25, 0.3) is 5.91 Å². The number of nitrogens with one attached hydrogen (secondary N) is 1. The van der Waals surface area contributed by atoms with E-state index in [0.717, 1.165) is 74.5 Å². The number of benzene rings is 2. The van der Waals surface area contributed by atoms with Crippen molar-refractivity contribution in [3.05, 3.63) is 58.1 Å². The first-order valence-corrected chi connectivity index (χ1v) is 16.8. The lowest BCUT2D eigenvalue weighted by Gasteiger charge is -2.43. The van der Waals surface area contributed by atoms with Crippen molar-refractivity contribution in [2.45, 2.75) is 76.9 Å². The number of aldehydes is 1. The van der Waals surface area contributed by atoms with Crippen LogP contribution in [0.3, 0.4) is 0 Å². The summed E-state index contributed by atoms with van der Waals surface area (Å²) in [4.78, 5) is 27.9. The van der Waals surface area contributed by atoms with Crippen molar-refractivity contribution in [2.24, 2.45) is 23.7 Å². The van der Waals surface area contributed by atoms with Crippen LogP contribution >= 0.6 is 11.6 Å². The summed E-state index contributed by atoms with van der Waals surface area (Å²) in [5, 5.41) is 0.560. The average molecular weight is 599 g/mol. The predicted octanol–water partition coefficient (Wildman–Crippen LogP) is 6.72. The molecule has 222 valence electrons. The minimum Gasteiger partial charge on any atom is -0.491 e. The van der Waals surface area contributed by atoms with E-state index in [4.69, 9.17) is 16.3 Å². The molecule has 6 unspecified atom stereocenters. The Kier molecular flexibility index (Phi) is 9.75. The SMILES string of the molecule is CCCc1cc(Cl)ccc1C1COc2ccc3cc2N(C1)CC1CCC1C(C=O)CCCC(C)[C@H](C)S(=O)NC3=O. The van der Waals surface area contributed by atoms with Gasteiger partial charge in [-0.15, -0.1) is 0 Å². The molecule has 0 saturated heterocycles. The van der Waals surface area contributed by atoms with Gasteiger partial charge in [0, 0.05) is 35.5 Å². The van der Waals surface area contributed by atoms with Gasteiger partial charge in [-0.25, -0.2) is 4.21 Å². The highest BCUT2D eigenvalue weighted by Gasteiger charge is 2.39. The highest BCUT2D eigenvalue weighted by molar-refractivity contribution is 7.84. The minimum atomic E-state index is -1.51. The maximum absolute atomic E-state index is 13.3. The molecule has 2 bridgehead atoms. The number of carbonyl (C=O) groups excluding carboxylic acids is 2. The molecule has 1 amide bonds. The van der Waals surface area contributed by atoms with Gasteiger partial charge in [0.1, 0.15) is 23.0 Å². The number of carbonyl (C=O) groups is 2. The van der Waals surface area contributed by atoms with Crippen LogP contribution in [0.2, 0.25) is 5.02 Å². The Hall–Kier alpha value is -2.38. The van der Waals surface area contributed by atoms with Gasteiger partial charge in [0.2, 0.25) is 0 Å². The van der Waals surface area contributed by atoms with E-state index >= 15 is 0 Å². The molecule has 6 nitrogen and oxygen atoms in total. The van der Waals surface area contributed by atoms with E-state index < -0.39 is 11.0 Å². The van der Waals surface area contributed by atoms with Crippen LogP contribution in [-0.2, 0) is 22.2 Å². The maximum atomic E-state index is 13.3. The fourth-order valence-electron chi connectivity index (χ4n) is 6.87. The number of hydrogen-bond acceptors (Lipinski definition) is 5. The van der Waals surface area contributed by atoms with Gasteiger partial charge in [0.15, 0.2) is 0 Å². The Balaban J connectivity index is 1.52. The highest BCUT2D eigenvalue weighted by Crippen LogP contribution is 2.44. The number of hydrogen-bond donors (Lipinski definition) is 1.